The molecule has 0 aromatic heterocycles. The molecule has 0 aliphatic heterocycles. The lowest BCUT2D eigenvalue weighted by atomic mass is 9.93. The quantitative estimate of drug-likeness (QED) is 0.633. The van der Waals surface area contributed by atoms with E-state index in [1.54, 1.807) is 0 Å². The van der Waals surface area contributed by atoms with Crippen LogP contribution >= 0.6 is 23.2 Å². The van der Waals surface area contributed by atoms with Crippen molar-refractivity contribution >= 4 is 23.2 Å². The maximum Gasteiger partial charge on any atom is 0.0595 e. The Kier molecular flexibility index (Phi) is 3.09. The Hall–Kier alpha value is -0.980. The van der Waals surface area contributed by atoms with Crippen molar-refractivity contribution in [2.24, 2.45) is 0 Å². The number of hydrogen-bond acceptors (Lipinski definition) is 0. The average Bonchev–Trinajstić information content (AvgIpc) is 2.71. The highest BCUT2D eigenvalue weighted by atomic mass is 35.5. The first-order chi connectivity index (χ1) is 8.66. The Morgan fingerprint density at radius 1 is 0.944 bits per heavy atom. The number of hydrogen-bond donors (Lipinski definition) is 0. The molecule has 2 heteroatoms. The fourth-order valence-corrected chi connectivity index (χ4v) is 3.24. The maximum atomic E-state index is 6.12. The molecule has 0 saturated heterocycles. The van der Waals surface area contributed by atoms with Crippen molar-refractivity contribution < 1.29 is 0 Å². The fraction of sp³-hybridized carbons (Fsp3) is 0.250. The van der Waals surface area contributed by atoms with Gasteiger partial charge < -0.3 is 0 Å². The summed E-state index contributed by atoms with van der Waals surface area (Å²) >= 11 is 12.1. The average molecular weight is 277 g/mol. The van der Waals surface area contributed by atoms with E-state index in [1.165, 1.54) is 16.7 Å². The predicted octanol–water partition coefficient (Wildman–Crippen LogP) is 5.63. The van der Waals surface area contributed by atoms with Crippen LogP contribution in [0.25, 0.3) is 0 Å². The van der Waals surface area contributed by atoms with Crippen LogP contribution in [0.5, 0.6) is 0 Å². The molecular formula is C16H14Cl2. The molecule has 1 unspecified atom stereocenters. The maximum absolute atomic E-state index is 6.12. The van der Waals surface area contributed by atoms with Crippen LogP contribution < -0.4 is 0 Å². The molecule has 0 fully saturated rings. The van der Waals surface area contributed by atoms with Crippen LogP contribution in [0.4, 0.5) is 0 Å². The highest BCUT2D eigenvalue weighted by Crippen LogP contribution is 2.45. The summed E-state index contributed by atoms with van der Waals surface area (Å²) in [5, 5.41) is 1.27. The number of halogens is 2. The first kappa shape index (κ1) is 12.1. The first-order valence-corrected chi connectivity index (χ1v) is 6.96. The fourth-order valence-electron chi connectivity index (χ4n) is 2.93. The second-order valence-corrected chi connectivity index (χ2v) is 5.81. The second-order valence-electron chi connectivity index (χ2n) is 4.99. The molecule has 0 nitrogen and oxygen atoms in total. The van der Waals surface area contributed by atoms with Gasteiger partial charge >= 0.3 is 0 Å². The zero-order valence-electron chi connectivity index (χ0n) is 10.2. The molecule has 1 aliphatic rings. The van der Waals surface area contributed by atoms with Gasteiger partial charge in [0.15, 0.2) is 0 Å². The van der Waals surface area contributed by atoms with Crippen molar-refractivity contribution in [1.82, 2.24) is 0 Å². The molecule has 2 aromatic carbocycles. The summed E-state index contributed by atoms with van der Waals surface area (Å²) in [7, 11) is 0. The van der Waals surface area contributed by atoms with E-state index in [-0.39, 0.29) is 0 Å². The molecule has 0 N–H and O–H groups in total. The van der Waals surface area contributed by atoms with E-state index in [9.17, 15) is 0 Å². The minimum atomic E-state index is 0.450. The first-order valence-electron chi connectivity index (χ1n) is 6.20. The van der Waals surface area contributed by atoms with Gasteiger partial charge in [0.1, 0.15) is 0 Å². The van der Waals surface area contributed by atoms with Crippen molar-refractivity contribution in [3.05, 3.63) is 69.2 Å². The van der Waals surface area contributed by atoms with Crippen molar-refractivity contribution in [2.75, 3.05) is 0 Å². The molecule has 0 saturated carbocycles. The lowest BCUT2D eigenvalue weighted by Gasteiger charge is -2.13. The van der Waals surface area contributed by atoms with Crippen molar-refractivity contribution in [3.63, 3.8) is 0 Å². The molecule has 3 rings (SSSR count). The third-order valence-corrected chi connectivity index (χ3v) is 4.58. The third-order valence-electron chi connectivity index (χ3n) is 3.84. The molecule has 2 atom stereocenters. The summed E-state index contributed by atoms with van der Waals surface area (Å²) in [5.41, 5.74) is 4.16. The van der Waals surface area contributed by atoms with Gasteiger partial charge in [-0.05, 0) is 41.2 Å². The summed E-state index contributed by atoms with van der Waals surface area (Å²) in [5.74, 6) is 1.06. The van der Waals surface area contributed by atoms with Crippen LogP contribution in [-0.2, 0) is 0 Å². The summed E-state index contributed by atoms with van der Waals surface area (Å²) in [6, 6.07) is 14.7. The van der Waals surface area contributed by atoms with Crippen LogP contribution in [0, 0.1) is 0 Å². The Labute approximate surface area is 118 Å². The van der Waals surface area contributed by atoms with Gasteiger partial charge in [0.05, 0.1) is 10.0 Å². The molecule has 0 amide bonds. The molecule has 0 heterocycles. The molecular weight excluding hydrogens is 263 g/mol. The summed E-state index contributed by atoms with van der Waals surface area (Å²) < 4.78 is 0. The Balaban J connectivity index is 2.06. The van der Waals surface area contributed by atoms with Crippen LogP contribution in [0.15, 0.2) is 42.5 Å². The summed E-state index contributed by atoms with van der Waals surface area (Å²) in [6.07, 6.45) is 1.15. The van der Waals surface area contributed by atoms with Gasteiger partial charge in [-0.25, -0.2) is 0 Å². The monoisotopic (exact) mass is 276 g/mol. The van der Waals surface area contributed by atoms with E-state index >= 15 is 0 Å². The number of rotatable bonds is 1. The second kappa shape index (κ2) is 4.60. The van der Waals surface area contributed by atoms with Gasteiger partial charge in [-0.2, -0.15) is 0 Å². The van der Waals surface area contributed by atoms with Gasteiger partial charge in [0.25, 0.3) is 0 Å². The smallest absolute Gasteiger partial charge is 0.0595 e. The normalized spacial score (nSPS) is 21.9. The van der Waals surface area contributed by atoms with Crippen molar-refractivity contribution in [1.29, 1.82) is 0 Å². The van der Waals surface area contributed by atoms with Gasteiger partial charge in [0, 0.05) is 5.92 Å². The van der Waals surface area contributed by atoms with Crippen LogP contribution in [0.2, 0.25) is 10.0 Å². The molecule has 0 spiro atoms. The van der Waals surface area contributed by atoms with E-state index < -0.39 is 0 Å². The van der Waals surface area contributed by atoms with E-state index in [4.69, 9.17) is 23.2 Å². The van der Waals surface area contributed by atoms with E-state index in [1.807, 2.05) is 12.1 Å². The molecule has 0 bridgehead atoms. The minimum absolute atomic E-state index is 0.450. The lowest BCUT2D eigenvalue weighted by Crippen LogP contribution is -1.96. The highest BCUT2D eigenvalue weighted by Gasteiger charge is 2.28. The Morgan fingerprint density at radius 2 is 1.67 bits per heavy atom. The van der Waals surface area contributed by atoms with Gasteiger partial charge in [-0.3, -0.25) is 0 Å². The van der Waals surface area contributed by atoms with Crippen molar-refractivity contribution in [3.8, 4) is 0 Å². The van der Waals surface area contributed by atoms with E-state index in [0.29, 0.717) is 21.9 Å². The minimum Gasteiger partial charge on any atom is -0.0827 e. The van der Waals surface area contributed by atoms with Gasteiger partial charge in [-0.1, -0.05) is 60.5 Å². The van der Waals surface area contributed by atoms with Crippen LogP contribution in [0.3, 0.4) is 0 Å². The zero-order chi connectivity index (χ0) is 12.7. The standard InChI is InChI=1S/C16H14Cl2/c1-10-8-14(13-5-3-2-4-12(10)13)11-6-7-15(17)16(18)9-11/h2-7,9-10,14H,8H2,1H3/t10-,14?/m1/s1. The largest absolute Gasteiger partial charge is 0.0827 e. The van der Waals surface area contributed by atoms with Gasteiger partial charge in [0.2, 0.25) is 0 Å². The van der Waals surface area contributed by atoms with E-state index in [2.05, 4.69) is 37.3 Å². The lowest BCUT2D eigenvalue weighted by molar-refractivity contribution is 0.686. The third kappa shape index (κ3) is 1.94. The summed E-state index contributed by atoms with van der Waals surface area (Å²) in [4.78, 5) is 0. The Morgan fingerprint density at radius 3 is 2.39 bits per heavy atom. The van der Waals surface area contributed by atoms with Gasteiger partial charge in [-0.15, -0.1) is 0 Å². The summed E-state index contributed by atoms with van der Waals surface area (Å²) in [6.45, 7) is 2.29. The molecule has 92 valence electrons. The number of benzene rings is 2. The molecule has 2 aromatic rings. The molecule has 0 radical (unpaired) electrons. The SMILES string of the molecule is C[C@@H]1CC(c2ccc(Cl)c(Cl)c2)c2ccccc21. The van der Waals surface area contributed by atoms with Crippen LogP contribution in [-0.4, -0.2) is 0 Å². The molecule has 18 heavy (non-hydrogen) atoms. The predicted molar refractivity (Wildman–Crippen MR) is 77.8 cm³/mol. The van der Waals surface area contributed by atoms with E-state index in [0.717, 1.165) is 6.42 Å². The molecule has 1 aliphatic carbocycles. The van der Waals surface area contributed by atoms with Crippen LogP contribution in [0.1, 0.15) is 41.9 Å². The zero-order valence-corrected chi connectivity index (χ0v) is 11.7. The highest BCUT2D eigenvalue weighted by molar-refractivity contribution is 6.42. The topological polar surface area (TPSA) is 0 Å². The van der Waals surface area contributed by atoms with Crippen molar-refractivity contribution in [2.45, 2.75) is 25.2 Å². The Bertz CT molecular complexity index is 589. The number of fused-ring (bicyclic) bond motifs is 1.